The first kappa shape index (κ1) is 24.0. The monoisotopic (exact) mass is 440 g/mol. The van der Waals surface area contributed by atoms with E-state index >= 15 is 0 Å². The van der Waals surface area contributed by atoms with E-state index < -0.39 is 12.0 Å². The van der Waals surface area contributed by atoms with E-state index in [0.717, 1.165) is 29.7 Å². The number of hydrogen-bond donors (Lipinski definition) is 2. The van der Waals surface area contributed by atoms with Crippen LogP contribution in [0.1, 0.15) is 67.8 Å². The maximum atomic E-state index is 13.1. The Hall–Kier alpha value is -2.67. The van der Waals surface area contributed by atoms with Crippen LogP contribution >= 0.6 is 0 Å². The van der Waals surface area contributed by atoms with Crippen molar-refractivity contribution < 1.29 is 14.7 Å². The number of carbonyl (C=O) groups is 2. The second-order valence-electron chi connectivity index (χ2n) is 8.91. The smallest absolute Gasteiger partial charge is 0.252 e. The van der Waals surface area contributed by atoms with Gasteiger partial charge in [-0.1, -0.05) is 56.0 Å². The predicted molar refractivity (Wildman–Crippen MR) is 124 cm³/mol. The van der Waals surface area contributed by atoms with E-state index in [1.807, 2.05) is 55.1 Å². The van der Waals surface area contributed by atoms with Crippen LogP contribution in [0.5, 0.6) is 0 Å². The lowest BCUT2D eigenvalue weighted by molar-refractivity contribution is -0.144. The number of carbonyl (C=O) groups excluding carboxylic acids is 2. The molecule has 2 amide bonds. The summed E-state index contributed by atoms with van der Waals surface area (Å²) >= 11 is 0. The molecule has 0 radical (unpaired) electrons. The number of aromatic nitrogens is 2. The standard InChI is InChI=1S/C25H36N4O3/c1-18-9-11-20(12-10-18)19(2)24(31)25(32)28(17-23(30)26-3)15-13-21-14-16-29(27-21)22-7-5-4-6-8-22/h9-12,14,16,19,22,24,31H,4-8,13,15,17H2,1-3H3,(H,26,30). The molecule has 1 aliphatic carbocycles. The maximum Gasteiger partial charge on any atom is 0.252 e. The van der Waals surface area contributed by atoms with Crippen molar-refractivity contribution in [2.75, 3.05) is 20.1 Å². The van der Waals surface area contributed by atoms with Gasteiger partial charge in [0.15, 0.2) is 0 Å². The molecule has 1 fully saturated rings. The molecular weight excluding hydrogens is 404 g/mol. The third-order valence-electron chi connectivity index (χ3n) is 6.50. The van der Waals surface area contributed by atoms with Crippen molar-refractivity contribution in [2.45, 2.75) is 70.4 Å². The van der Waals surface area contributed by atoms with Crippen molar-refractivity contribution in [1.82, 2.24) is 20.0 Å². The summed E-state index contributed by atoms with van der Waals surface area (Å²) in [5.41, 5.74) is 2.91. The van der Waals surface area contributed by atoms with Gasteiger partial charge in [0, 0.05) is 32.1 Å². The van der Waals surface area contributed by atoms with Crippen molar-refractivity contribution in [3.8, 4) is 0 Å². The highest BCUT2D eigenvalue weighted by molar-refractivity contribution is 5.87. The molecule has 1 heterocycles. The van der Waals surface area contributed by atoms with Crippen molar-refractivity contribution in [2.24, 2.45) is 0 Å². The molecule has 3 rings (SSSR count). The number of nitrogens with zero attached hydrogens (tertiary/aromatic N) is 3. The van der Waals surface area contributed by atoms with E-state index in [-0.39, 0.29) is 18.4 Å². The summed E-state index contributed by atoms with van der Waals surface area (Å²) in [5.74, 6) is -1.07. The number of amides is 2. The summed E-state index contributed by atoms with van der Waals surface area (Å²) in [7, 11) is 1.54. The van der Waals surface area contributed by atoms with Gasteiger partial charge in [-0.25, -0.2) is 0 Å². The Kier molecular flexibility index (Phi) is 8.45. The van der Waals surface area contributed by atoms with Crippen LogP contribution in [0, 0.1) is 6.92 Å². The van der Waals surface area contributed by atoms with Crippen LogP contribution in [0.15, 0.2) is 36.5 Å². The van der Waals surface area contributed by atoms with E-state index in [1.165, 1.54) is 24.2 Å². The fourth-order valence-corrected chi connectivity index (χ4v) is 4.28. The average Bonchev–Trinajstić information content (AvgIpc) is 3.30. The fourth-order valence-electron chi connectivity index (χ4n) is 4.28. The lowest BCUT2D eigenvalue weighted by Crippen LogP contribution is -2.46. The lowest BCUT2D eigenvalue weighted by atomic mass is 9.93. The van der Waals surface area contributed by atoms with Crippen molar-refractivity contribution in [3.05, 3.63) is 53.3 Å². The van der Waals surface area contributed by atoms with E-state index in [1.54, 1.807) is 7.05 Å². The van der Waals surface area contributed by atoms with Gasteiger partial charge < -0.3 is 15.3 Å². The second-order valence-corrected chi connectivity index (χ2v) is 8.91. The van der Waals surface area contributed by atoms with E-state index in [0.29, 0.717) is 19.0 Å². The van der Waals surface area contributed by atoms with E-state index in [9.17, 15) is 14.7 Å². The molecule has 0 aliphatic heterocycles. The molecule has 0 spiro atoms. The summed E-state index contributed by atoms with van der Waals surface area (Å²) in [4.78, 5) is 26.6. The minimum absolute atomic E-state index is 0.0870. The van der Waals surface area contributed by atoms with Crippen LogP contribution in [0.3, 0.4) is 0 Å². The molecule has 1 aliphatic rings. The van der Waals surface area contributed by atoms with E-state index in [2.05, 4.69) is 5.32 Å². The topological polar surface area (TPSA) is 87.5 Å². The summed E-state index contributed by atoms with van der Waals surface area (Å²) < 4.78 is 2.05. The Morgan fingerprint density at radius 2 is 1.88 bits per heavy atom. The van der Waals surface area contributed by atoms with Gasteiger partial charge in [-0.2, -0.15) is 5.10 Å². The van der Waals surface area contributed by atoms with Gasteiger partial charge in [0.05, 0.1) is 18.3 Å². The number of likely N-dealkylation sites (N-methyl/N-ethyl adjacent to an activating group) is 1. The molecule has 1 saturated carbocycles. The number of hydrogen-bond acceptors (Lipinski definition) is 4. The summed E-state index contributed by atoms with van der Waals surface area (Å²) in [5, 5.41) is 18.1. The lowest BCUT2D eigenvalue weighted by Gasteiger charge is -2.27. The molecule has 32 heavy (non-hydrogen) atoms. The molecule has 1 aromatic heterocycles. The van der Waals surface area contributed by atoms with Gasteiger partial charge in [-0.15, -0.1) is 0 Å². The van der Waals surface area contributed by atoms with Gasteiger partial charge in [-0.3, -0.25) is 14.3 Å². The van der Waals surface area contributed by atoms with Crippen LogP contribution in [-0.4, -0.2) is 57.8 Å². The average molecular weight is 441 g/mol. The predicted octanol–water partition coefficient (Wildman–Crippen LogP) is 2.98. The molecule has 7 heteroatoms. The zero-order chi connectivity index (χ0) is 23.1. The van der Waals surface area contributed by atoms with Crippen LogP contribution in [0.2, 0.25) is 0 Å². The Labute approximate surface area is 190 Å². The summed E-state index contributed by atoms with van der Waals surface area (Å²) in [6.07, 6.45) is 7.43. The molecule has 0 bridgehead atoms. The number of rotatable bonds is 9. The SMILES string of the molecule is CNC(=O)CN(CCc1ccn(C2CCCCC2)n1)C(=O)C(O)C(C)c1ccc(C)cc1. The molecule has 1 aromatic carbocycles. The maximum absolute atomic E-state index is 13.1. The van der Waals surface area contributed by atoms with Crippen LogP contribution < -0.4 is 5.32 Å². The number of aryl methyl sites for hydroxylation is 1. The molecule has 2 atom stereocenters. The second kappa shape index (κ2) is 11.3. The van der Waals surface area contributed by atoms with Crippen LogP contribution in [0.4, 0.5) is 0 Å². The number of aliphatic hydroxyl groups is 1. The molecule has 2 N–H and O–H groups in total. The van der Waals surface area contributed by atoms with Gasteiger partial charge in [0.25, 0.3) is 5.91 Å². The van der Waals surface area contributed by atoms with Gasteiger partial charge in [-0.05, 0) is 31.4 Å². The highest BCUT2D eigenvalue weighted by atomic mass is 16.3. The van der Waals surface area contributed by atoms with Crippen molar-refractivity contribution >= 4 is 11.8 Å². The minimum atomic E-state index is -1.22. The van der Waals surface area contributed by atoms with Crippen LogP contribution in [0.25, 0.3) is 0 Å². The molecular formula is C25H36N4O3. The molecule has 2 aromatic rings. The molecule has 7 nitrogen and oxygen atoms in total. The first-order valence-electron chi connectivity index (χ1n) is 11.7. The first-order chi connectivity index (χ1) is 15.4. The molecule has 174 valence electrons. The number of benzene rings is 1. The summed E-state index contributed by atoms with van der Waals surface area (Å²) in [6.45, 7) is 4.07. The van der Waals surface area contributed by atoms with Crippen molar-refractivity contribution in [3.63, 3.8) is 0 Å². The minimum Gasteiger partial charge on any atom is -0.383 e. The first-order valence-corrected chi connectivity index (χ1v) is 11.7. The largest absolute Gasteiger partial charge is 0.383 e. The third-order valence-corrected chi connectivity index (χ3v) is 6.50. The van der Waals surface area contributed by atoms with Gasteiger partial charge >= 0.3 is 0 Å². The highest BCUT2D eigenvalue weighted by Gasteiger charge is 2.29. The van der Waals surface area contributed by atoms with E-state index in [4.69, 9.17) is 5.10 Å². The zero-order valence-corrected chi connectivity index (χ0v) is 19.5. The third kappa shape index (κ3) is 6.19. The Morgan fingerprint density at radius 1 is 1.19 bits per heavy atom. The normalized spacial score (nSPS) is 16.4. The Balaban J connectivity index is 1.66. The number of aliphatic hydroxyl groups excluding tert-OH is 1. The van der Waals surface area contributed by atoms with Gasteiger partial charge in [0.1, 0.15) is 6.10 Å². The van der Waals surface area contributed by atoms with Crippen molar-refractivity contribution in [1.29, 1.82) is 0 Å². The Morgan fingerprint density at radius 3 is 2.53 bits per heavy atom. The zero-order valence-electron chi connectivity index (χ0n) is 19.5. The Bertz CT molecular complexity index is 887. The molecule has 2 unspecified atom stereocenters. The number of nitrogens with one attached hydrogen (secondary N) is 1. The van der Waals surface area contributed by atoms with Crippen LogP contribution in [-0.2, 0) is 16.0 Å². The highest BCUT2D eigenvalue weighted by Crippen LogP contribution is 2.27. The summed E-state index contributed by atoms with van der Waals surface area (Å²) in [6, 6.07) is 10.2. The van der Waals surface area contributed by atoms with Gasteiger partial charge in [0.2, 0.25) is 5.91 Å². The molecule has 0 saturated heterocycles. The fraction of sp³-hybridized carbons (Fsp3) is 0.560. The quantitative estimate of drug-likeness (QED) is 0.628.